The van der Waals surface area contributed by atoms with Gasteiger partial charge < -0.3 is 4.74 Å². The maximum atomic E-state index is 12.2. The minimum atomic E-state index is -4.50. The Kier molecular flexibility index (Phi) is 3.28. The number of rotatable bonds is 3. The number of carbonyl (C=O) groups excluding carboxylic acids is 1. The highest BCUT2D eigenvalue weighted by Gasteiger charge is 2.32. The zero-order valence-corrected chi connectivity index (χ0v) is 7.84. The maximum absolute atomic E-state index is 12.2. The summed E-state index contributed by atoms with van der Waals surface area (Å²) in [6.07, 6.45) is -4.50. The summed E-state index contributed by atoms with van der Waals surface area (Å²) >= 11 is 0. The molecule has 3 nitrogen and oxygen atoms in total. The number of carbonyl (C=O) groups is 1. The maximum Gasteiger partial charge on any atom is 0.433 e. The van der Waals surface area contributed by atoms with E-state index in [0.717, 1.165) is 6.07 Å². The lowest BCUT2D eigenvalue weighted by molar-refractivity contribution is -0.141. The van der Waals surface area contributed by atoms with Crippen LogP contribution in [0.4, 0.5) is 13.2 Å². The number of halogens is 3. The monoisotopic (exact) mass is 219 g/mol. The van der Waals surface area contributed by atoms with Gasteiger partial charge in [-0.3, -0.25) is 4.79 Å². The van der Waals surface area contributed by atoms with Gasteiger partial charge in [0.05, 0.1) is 0 Å². The van der Waals surface area contributed by atoms with E-state index in [4.69, 9.17) is 4.74 Å². The summed E-state index contributed by atoms with van der Waals surface area (Å²) in [5.74, 6) is -0.491. The topological polar surface area (TPSA) is 39.2 Å². The van der Waals surface area contributed by atoms with Crippen molar-refractivity contribution in [2.75, 3.05) is 6.61 Å². The molecule has 0 saturated heterocycles. The molecule has 6 heteroatoms. The molecular weight excluding hydrogens is 211 g/mol. The molecule has 0 aromatic carbocycles. The highest BCUT2D eigenvalue weighted by Crippen LogP contribution is 2.28. The zero-order valence-electron chi connectivity index (χ0n) is 7.84. The molecule has 0 N–H and O–H groups in total. The van der Waals surface area contributed by atoms with Crippen molar-refractivity contribution in [3.05, 3.63) is 23.9 Å². The second-order valence-electron chi connectivity index (χ2n) is 2.85. The fourth-order valence-corrected chi connectivity index (χ4v) is 0.829. The lowest BCUT2D eigenvalue weighted by Crippen LogP contribution is -2.11. The van der Waals surface area contributed by atoms with E-state index < -0.39 is 11.9 Å². The number of ether oxygens (including phenoxy) is 1. The van der Waals surface area contributed by atoms with E-state index in [1.165, 1.54) is 19.1 Å². The van der Waals surface area contributed by atoms with Crippen molar-refractivity contribution >= 4 is 5.78 Å². The number of nitrogens with zero attached hydrogens (tertiary/aromatic N) is 1. The van der Waals surface area contributed by atoms with E-state index in [0.29, 0.717) is 0 Å². The first-order valence-corrected chi connectivity index (χ1v) is 4.06. The van der Waals surface area contributed by atoms with E-state index in [9.17, 15) is 18.0 Å². The van der Waals surface area contributed by atoms with Crippen LogP contribution in [0.5, 0.6) is 5.88 Å². The van der Waals surface area contributed by atoms with E-state index in [1.54, 1.807) is 0 Å². The van der Waals surface area contributed by atoms with Crippen LogP contribution >= 0.6 is 0 Å². The summed E-state index contributed by atoms with van der Waals surface area (Å²) < 4.78 is 41.3. The molecule has 0 amide bonds. The predicted octanol–water partition coefficient (Wildman–Crippen LogP) is 2.07. The molecule has 0 bridgehead atoms. The van der Waals surface area contributed by atoms with Gasteiger partial charge in [0.2, 0.25) is 5.88 Å². The van der Waals surface area contributed by atoms with Crippen LogP contribution in [0.2, 0.25) is 0 Å². The first kappa shape index (κ1) is 11.5. The standard InChI is InChI=1S/C9H8F3NO2/c1-6(14)5-15-8-4-2-3-7(13-8)9(10,11)12/h2-4H,5H2,1H3. The van der Waals surface area contributed by atoms with Gasteiger partial charge in [0, 0.05) is 6.07 Å². The average Bonchev–Trinajstić information content (AvgIpc) is 2.14. The van der Waals surface area contributed by atoms with Crippen molar-refractivity contribution in [1.82, 2.24) is 4.98 Å². The smallest absolute Gasteiger partial charge is 0.433 e. The molecule has 1 heterocycles. The molecule has 0 aliphatic heterocycles. The van der Waals surface area contributed by atoms with Crippen molar-refractivity contribution < 1.29 is 22.7 Å². The van der Waals surface area contributed by atoms with E-state index >= 15 is 0 Å². The first-order chi connectivity index (χ1) is 6.89. The SMILES string of the molecule is CC(=O)COc1cccc(C(F)(F)F)n1. The number of aromatic nitrogens is 1. The second-order valence-corrected chi connectivity index (χ2v) is 2.85. The minimum absolute atomic E-state index is 0.208. The molecule has 0 aliphatic rings. The Morgan fingerprint density at radius 1 is 1.47 bits per heavy atom. The quantitative estimate of drug-likeness (QED) is 0.781. The Labute approximate surface area is 83.9 Å². The van der Waals surface area contributed by atoms with Gasteiger partial charge in [0.1, 0.15) is 12.3 Å². The van der Waals surface area contributed by atoms with Crippen LogP contribution in [-0.4, -0.2) is 17.4 Å². The lowest BCUT2D eigenvalue weighted by Gasteiger charge is -2.07. The van der Waals surface area contributed by atoms with Crippen LogP contribution in [-0.2, 0) is 11.0 Å². The van der Waals surface area contributed by atoms with E-state index in [-0.39, 0.29) is 18.3 Å². The second kappa shape index (κ2) is 4.29. The van der Waals surface area contributed by atoms with Crippen molar-refractivity contribution in [3.8, 4) is 5.88 Å². The molecule has 1 aromatic heterocycles. The Bertz CT molecular complexity index is 363. The van der Waals surface area contributed by atoms with Crippen molar-refractivity contribution in [2.45, 2.75) is 13.1 Å². The molecule has 82 valence electrons. The number of hydrogen-bond donors (Lipinski definition) is 0. The van der Waals surface area contributed by atoms with E-state index in [2.05, 4.69) is 4.98 Å². The van der Waals surface area contributed by atoms with Gasteiger partial charge in [-0.25, -0.2) is 4.98 Å². The average molecular weight is 219 g/mol. The highest BCUT2D eigenvalue weighted by atomic mass is 19.4. The van der Waals surface area contributed by atoms with Crippen molar-refractivity contribution in [3.63, 3.8) is 0 Å². The Morgan fingerprint density at radius 2 is 2.13 bits per heavy atom. The summed E-state index contributed by atoms with van der Waals surface area (Å²) in [4.78, 5) is 13.7. The number of ketones is 1. The van der Waals surface area contributed by atoms with Crippen molar-refractivity contribution in [1.29, 1.82) is 0 Å². The summed E-state index contributed by atoms with van der Waals surface area (Å²) in [6.45, 7) is 0.988. The molecule has 0 saturated carbocycles. The third kappa shape index (κ3) is 3.57. The number of Topliss-reactive ketones (excluding diaryl/α,β-unsaturated/α-hetero) is 1. The molecule has 0 spiro atoms. The van der Waals surface area contributed by atoms with Crippen LogP contribution in [0.15, 0.2) is 18.2 Å². The van der Waals surface area contributed by atoms with Gasteiger partial charge in [-0.1, -0.05) is 6.07 Å². The van der Waals surface area contributed by atoms with Crippen LogP contribution in [0.3, 0.4) is 0 Å². The first-order valence-electron chi connectivity index (χ1n) is 4.06. The summed E-state index contributed by atoms with van der Waals surface area (Å²) in [7, 11) is 0. The van der Waals surface area contributed by atoms with Crippen molar-refractivity contribution in [2.24, 2.45) is 0 Å². The Balaban J connectivity index is 2.79. The zero-order chi connectivity index (χ0) is 11.5. The Morgan fingerprint density at radius 3 is 2.67 bits per heavy atom. The predicted molar refractivity (Wildman–Crippen MR) is 45.4 cm³/mol. The number of pyridine rings is 1. The molecule has 1 rings (SSSR count). The van der Waals surface area contributed by atoms with Crippen LogP contribution in [0.1, 0.15) is 12.6 Å². The summed E-state index contributed by atoms with van der Waals surface area (Å²) in [5.41, 5.74) is -1.04. The molecule has 0 radical (unpaired) electrons. The normalized spacial score (nSPS) is 11.2. The van der Waals surface area contributed by atoms with Gasteiger partial charge in [-0.2, -0.15) is 13.2 Å². The van der Waals surface area contributed by atoms with Gasteiger partial charge in [0.15, 0.2) is 5.78 Å². The summed E-state index contributed by atoms with van der Waals surface area (Å²) in [5, 5.41) is 0. The lowest BCUT2D eigenvalue weighted by atomic mass is 10.3. The fraction of sp³-hybridized carbons (Fsp3) is 0.333. The largest absolute Gasteiger partial charge is 0.470 e. The third-order valence-corrected chi connectivity index (χ3v) is 1.44. The van der Waals surface area contributed by atoms with Gasteiger partial charge >= 0.3 is 6.18 Å². The molecule has 0 aliphatic carbocycles. The molecule has 1 aromatic rings. The number of alkyl halides is 3. The van der Waals surface area contributed by atoms with Crippen LogP contribution in [0, 0.1) is 0 Å². The Hall–Kier alpha value is -1.59. The van der Waals surface area contributed by atoms with Gasteiger partial charge in [-0.15, -0.1) is 0 Å². The highest BCUT2D eigenvalue weighted by molar-refractivity contribution is 5.76. The third-order valence-electron chi connectivity index (χ3n) is 1.44. The molecule has 0 fully saturated rings. The van der Waals surface area contributed by atoms with Gasteiger partial charge in [0.25, 0.3) is 0 Å². The number of hydrogen-bond acceptors (Lipinski definition) is 3. The van der Waals surface area contributed by atoms with Crippen LogP contribution < -0.4 is 4.74 Å². The molecular formula is C9H8F3NO2. The van der Waals surface area contributed by atoms with Crippen LogP contribution in [0.25, 0.3) is 0 Å². The van der Waals surface area contributed by atoms with Gasteiger partial charge in [-0.05, 0) is 13.0 Å². The minimum Gasteiger partial charge on any atom is -0.470 e. The fourth-order valence-electron chi connectivity index (χ4n) is 0.829. The molecule has 15 heavy (non-hydrogen) atoms. The molecule has 0 unspecified atom stereocenters. The van der Waals surface area contributed by atoms with E-state index in [1.807, 2.05) is 0 Å². The summed E-state index contributed by atoms with van der Waals surface area (Å²) in [6, 6.07) is 3.27. The molecule has 0 atom stereocenters.